The van der Waals surface area contributed by atoms with Crippen LogP contribution in [-0.2, 0) is 11.2 Å². The molecule has 3 nitrogen and oxygen atoms in total. The first-order chi connectivity index (χ1) is 12.1. The molecule has 3 aliphatic carbocycles. The number of ether oxygens (including phenoxy) is 1. The minimum Gasteiger partial charge on any atom is -0.299 e. The average Bonchev–Trinajstić information content (AvgIpc) is 2.93. The van der Waals surface area contributed by atoms with Crippen LogP contribution in [0.4, 0.5) is 0 Å². The number of rotatable bonds is 4. The van der Waals surface area contributed by atoms with E-state index in [9.17, 15) is 4.79 Å². The van der Waals surface area contributed by atoms with Gasteiger partial charge in [-0.2, -0.15) is 0 Å². The summed E-state index contributed by atoms with van der Waals surface area (Å²) >= 11 is 0.0366. The summed E-state index contributed by atoms with van der Waals surface area (Å²) in [5, 5.41) is 9.48. The van der Waals surface area contributed by atoms with E-state index in [-0.39, 0.29) is 20.4 Å². The summed E-state index contributed by atoms with van der Waals surface area (Å²) in [5.74, 6) is 3.37. The second-order valence-electron chi connectivity index (χ2n) is 7.98. The molecule has 4 atom stereocenters. The first-order valence-corrected chi connectivity index (χ1v) is 11.5. The van der Waals surface area contributed by atoms with Gasteiger partial charge in [0, 0.05) is 0 Å². The second-order valence-corrected chi connectivity index (χ2v) is 9.83. The van der Waals surface area contributed by atoms with Crippen molar-refractivity contribution in [3.8, 4) is 10.7 Å². The van der Waals surface area contributed by atoms with Gasteiger partial charge in [0.25, 0.3) is 0 Å². The van der Waals surface area contributed by atoms with Crippen molar-refractivity contribution in [2.45, 2.75) is 56.7 Å². The number of fused-ring (bicyclic) bond motifs is 5. The van der Waals surface area contributed by atoms with E-state index < -0.39 is 0 Å². The molecule has 3 aliphatic rings. The summed E-state index contributed by atoms with van der Waals surface area (Å²) in [6.45, 7) is 2.87. The molecule has 0 N–H and O–H groups in total. The minimum atomic E-state index is -0.0375. The van der Waals surface area contributed by atoms with E-state index in [0.717, 1.165) is 43.2 Å². The summed E-state index contributed by atoms with van der Waals surface area (Å²) < 4.78 is 5.83. The molecule has 1 aromatic carbocycles. The van der Waals surface area contributed by atoms with Crippen molar-refractivity contribution in [1.82, 2.24) is 0 Å². The Bertz CT molecular complexity index is 725. The molecule has 0 aromatic heterocycles. The Balaban J connectivity index is 1.51. The predicted molar refractivity (Wildman–Crippen MR) is 97.7 cm³/mol. The second kappa shape index (κ2) is 6.78. The van der Waals surface area contributed by atoms with Gasteiger partial charge in [-0.05, 0) is 0 Å². The van der Waals surface area contributed by atoms with Crippen LogP contribution in [0.1, 0.15) is 56.1 Å². The number of nitriles is 1. The van der Waals surface area contributed by atoms with Crippen molar-refractivity contribution < 1.29 is 9.53 Å². The quantitative estimate of drug-likeness (QED) is 0.563. The summed E-state index contributed by atoms with van der Waals surface area (Å²) in [6, 6.07) is 6.60. The number of carbonyl (C=O) groups is 1. The first kappa shape index (κ1) is 17.1. The third-order valence-corrected chi connectivity index (χ3v) is 7.97. The van der Waals surface area contributed by atoms with Crippen LogP contribution in [0, 0.1) is 27.5 Å². The molecule has 0 spiro atoms. The molecular weight excluding hydrogens is 377 g/mol. The maximum absolute atomic E-state index is 12.4. The van der Waals surface area contributed by atoms with Gasteiger partial charge in [-0.1, -0.05) is 0 Å². The molecule has 2 saturated carbocycles. The van der Waals surface area contributed by atoms with E-state index in [4.69, 9.17) is 10.00 Å². The molecule has 0 unspecified atom stereocenters. The SMILES string of the molecule is C[C@]12CC[C@@H]3c4ccc(OCC[Se]C#N)cc4CC[C@H]3[C@@H]1CCC2=O. The summed E-state index contributed by atoms with van der Waals surface area (Å²) in [4.78, 5) is 14.6. The van der Waals surface area contributed by atoms with Gasteiger partial charge < -0.3 is 0 Å². The minimum absolute atomic E-state index is 0.0366. The summed E-state index contributed by atoms with van der Waals surface area (Å²) in [7, 11) is 0. The first-order valence-electron chi connectivity index (χ1n) is 9.43. The number of Topliss-reactive ketones (excluding diaryl/α,β-unsaturated/α-hetero) is 1. The van der Waals surface area contributed by atoms with Crippen molar-refractivity contribution in [1.29, 1.82) is 5.26 Å². The fourth-order valence-electron chi connectivity index (χ4n) is 5.67. The number of benzene rings is 1. The Morgan fingerprint density at radius 1 is 1.32 bits per heavy atom. The Morgan fingerprint density at radius 2 is 2.20 bits per heavy atom. The summed E-state index contributed by atoms with van der Waals surface area (Å²) in [5.41, 5.74) is 2.91. The van der Waals surface area contributed by atoms with Crippen molar-refractivity contribution >= 4 is 20.7 Å². The number of aryl methyl sites for hydroxylation is 1. The number of ketones is 1. The van der Waals surface area contributed by atoms with Gasteiger partial charge in [-0.3, -0.25) is 4.79 Å². The molecule has 0 amide bonds. The van der Waals surface area contributed by atoms with Gasteiger partial charge >= 0.3 is 151 Å². The van der Waals surface area contributed by atoms with Gasteiger partial charge in [0.05, 0.1) is 0 Å². The average molecular weight is 402 g/mol. The summed E-state index contributed by atoms with van der Waals surface area (Å²) in [6.07, 6.45) is 6.44. The van der Waals surface area contributed by atoms with Gasteiger partial charge in [0.15, 0.2) is 0 Å². The van der Waals surface area contributed by atoms with Crippen LogP contribution in [-0.4, -0.2) is 27.3 Å². The van der Waals surface area contributed by atoms with Gasteiger partial charge in [-0.15, -0.1) is 0 Å². The van der Waals surface area contributed by atoms with Gasteiger partial charge in [-0.25, -0.2) is 0 Å². The molecule has 0 aliphatic heterocycles. The van der Waals surface area contributed by atoms with Crippen LogP contribution < -0.4 is 4.74 Å². The molecule has 1 aromatic rings. The monoisotopic (exact) mass is 403 g/mol. The molecule has 4 rings (SSSR count). The Hall–Kier alpha value is -1.30. The zero-order valence-electron chi connectivity index (χ0n) is 14.8. The van der Waals surface area contributed by atoms with Crippen LogP contribution >= 0.6 is 0 Å². The van der Waals surface area contributed by atoms with E-state index in [0.29, 0.717) is 30.1 Å². The number of nitrogens with zero attached hydrogens (tertiary/aromatic N) is 1. The van der Waals surface area contributed by atoms with Crippen LogP contribution in [0.2, 0.25) is 5.32 Å². The maximum atomic E-state index is 12.4. The molecule has 0 saturated heterocycles. The zero-order chi connectivity index (χ0) is 17.4. The van der Waals surface area contributed by atoms with Gasteiger partial charge in [0.2, 0.25) is 0 Å². The molecule has 0 heterocycles. The number of hydrogen-bond acceptors (Lipinski definition) is 3. The molecule has 2 fully saturated rings. The van der Waals surface area contributed by atoms with Crippen LogP contribution in [0.3, 0.4) is 0 Å². The van der Waals surface area contributed by atoms with E-state index in [1.165, 1.54) is 17.5 Å². The Labute approximate surface area is 156 Å². The fraction of sp³-hybridized carbons (Fsp3) is 0.619. The zero-order valence-corrected chi connectivity index (χ0v) is 16.5. The Kier molecular flexibility index (Phi) is 4.65. The third kappa shape index (κ3) is 2.92. The third-order valence-electron chi connectivity index (χ3n) is 6.93. The van der Waals surface area contributed by atoms with Crippen molar-refractivity contribution in [2.24, 2.45) is 17.3 Å². The van der Waals surface area contributed by atoms with E-state index in [1.54, 1.807) is 0 Å². The van der Waals surface area contributed by atoms with Crippen molar-refractivity contribution in [3.63, 3.8) is 0 Å². The topological polar surface area (TPSA) is 50.1 Å². The van der Waals surface area contributed by atoms with Crippen molar-refractivity contribution in [2.75, 3.05) is 6.61 Å². The van der Waals surface area contributed by atoms with Crippen LogP contribution in [0.25, 0.3) is 0 Å². The molecule has 4 heteroatoms. The predicted octanol–water partition coefficient (Wildman–Crippen LogP) is 4.09. The Morgan fingerprint density at radius 3 is 3.04 bits per heavy atom. The smallest absolute Gasteiger partial charge is 0.299 e. The van der Waals surface area contributed by atoms with E-state index in [2.05, 4.69) is 30.1 Å². The number of carbonyl (C=O) groups excluding carboxylic acids is 1. The fourth-order valence-corrected chi connectivity index (χ4v) is 6.21. The van der Waals surface area contributed by atoms with E-state index >= 15 is 0 Å². The van der Waals surface area contributed by atoms with Gasteiger partial charge in [0.1, 0.15) is 0 Å². The molecule has 0 bridgehead atoms. The van der Waals surface area contributed by atoms with Crippen LogP contribution in [0.5, 0.6) is 5.75 Å². The molecule has 0 radical (unpaired) electrons. The van der Waals surface area contributed by atoms with Crippen LogP contribution in [0.15, 0.2) is 18.2 Å². The molecule has 25 heavy (non-hydrogen) atoms. The molecular formula is C21H25NO2Se. The van der Waals surface area contributed by atoms with E-state index in [1.807, 2.05) is 0 Å². The normalized spacial score (nSPS) is 33.1. The molecule has 132 valence electrons. The van der Waals surface area contributed by atoms with Crippen molar-refractivity contribution in [3.05, 3.63) is 29.3 Å². The standard InChI is InChI=1S/C21H25NO2Se/c1-21-9-8-17-16-5-3-15(24-10-11-25-13-22)12-14(16)2-4-18(17)19(21)6-7-20(21)23/h3,5,12,17-19H,2,4,6-11H2,1H3/t17-,18-,19+,21+/m1/s1. The number of hydrogen-bond donors (Lipinski definition) is 0.